The SMILES string of the molecule is CC1C=Cc2c(cc(O)c3c(=O)c4cc(O)ccc4oc23)O1. The molecule has 0 spiro atoms. The van der Waals surface area contributed by atoms with E-state index in [0.717, 1.165) is 0 Å². The lowest BCUT2D eigenvalue weighted by Crippen LogP contribution is -2.13. The Kier molecular flexibility index (Phi) is 2.48. The Morgan fingerprint density at radius 3 is 2.82 bits per heavy atom. The monoisotopic (exact) mass is 296 g/mol. The van der Waals surface area contributed by atoms with E-state index < -0.39 is 0 Å². The fourth-order valence-corrected chi connectivity index (χ4v) is 2.72. The maximum Gasteiger partial charge on any atom is 0.204 e. The maximum absolute atomic E-state index is 12.6. The van der Waals surface area contributed by atoms with Gasteiger partial charge in [-0.1, -0.05) is 0 Å². The van der Waals surface area contributed by atoms with Crippen LogP contribution in [0.15, 0.2) is 39.6 Å². The third-order valence-electron chi connectivity index (χ3n) is 3.75. The molecule has 1 aliphatic heterocycles. The molecule has 2 aromatic carbocycles. The number of ether oxygens (including phenoxy) is 1. The molecule has 5 heteroatoms. The average molecular weight is 296 g/mol. The summed E-state index contributed by atoms with van der Waals surface area (Å²) in [5.74, 6) is 0.241. The highest BCUT2D eigenvalue weighted by Crippen LogP contribution is 2.38. The molecule has 110 valence electrons. The zero-order valence-corrected chi connectivity index (χ0v) is 11.7. The molecule has 0 saturated heterocycles. The van der Waals surface area contributed by atoms with Crippen LogP contribution in [0.1, 0.15) is 12.5 Å². The summed E-state index contributed by atoms with van der Waals surface area (Å²) in [6.07, 6.45) is 3.55. The molecular formula is C17H12O5. The summed E-state index contributed by atoms with van der Waals surface area (Å²) in [6, 6.07) is 5.72. The van der Waals surface area contributed by atoms with Gasteiger partial charge in [0.25, 0.3) is 0 Å². The van der Waals surface area contributed by atoms with E-state index in [1.165, 1.54) is 24.3 Å². The first-order valence-corrected chi connectivity index (χ1v) is 6.85. The van der Waals surface area contributed by atoms with Gasteiger partial charge in [0.2, 0.25) is 5.43 Å². The van der Waals surface area contributed by atoms with Gasteiger partial charge in [0.1, 0.15) is 34.3 Å². The van der Waals surface area contributed by atoms with Gasteiger partial charge in [0, 0.05) is 6.07 Å². The van der Waals surface area contributed by atoms with Crippen molar-refractivity contribution in [3.8, 4) is 17.2 Å². The first-order chi connectivity index (χ1) is 10.5. The predicted octanol–water partition coefficient (Wildman–Crippen LogP) is 3.15. The van der Waals surface area contributed by atoms with Gasteiger partial charge in [-0.3, -0.25) is 4.79 Å². The molecule has 3 aromatic rings. The average Bonchev–Trinajstić information content (AvgIpc) is 2.47. The second kappa shape index (κ2) is 4.27. The largest absolute Gasteiger partial charge is 0.508 e. The normalized spacial score (nSPS) is 16.7. The van der Waals surface area contributed by atoms with E-state index in [2.05, 4.69) is 0 Å². The van der Waals surface area contributed by atoms with Gasteiger partial charge in [-0.05, 0) is 37.3 Å². The van der Waals surface area contributed by atoms with Crippen LogP contribution in [0, 0.1) is 0 Å². The standard InChI is InChI=1S/C17H12O5/c1-8-2-4-10-14(21-8)7-12(19)15-16(20)11-6-9(18)3-5-13(11)22-17(10)15/h2-8,18-19H,1H3. The lowest BCUT2D eigenvalue weighted by Gasteiger charge is -2.19. The van der Waals surface area contributed by atoms with Gasteiger partial charge < -0.3 is 19.4 Å². The summed E-state index contributed by atoms with van der Waals surface area (Å²) < 4.78 is 11.4. The highest BCUT2D eigenvalue weighted by Gasteiger charge is 2.21. The Hall–Kier alpha value is -2.95. The number of rotatable bonds is 0. The Morgan fingerprint density at radius 2 is 2.00 bits per heavy atom. The number of fused-ring (bicyclic) bond motifs is 4. The summed E-state index contributed by atoms with van der Waals surface area (Å²) in [4.78, 5) is 12.6. The molecule has 1 aromatic heterocycles. The molecule has 0 aliphatic carbocycles. The Bertz CT molecular complexity index is 1010. The summed E-state index contributed by atoms with van der Waals surface area (Å²) in [7, 11) is 0. The third kappa shape index (κ3) is 1.69. The van der Waals surface area contributed by atoms with Crippen LogP contribution in [0.4, 0.5) is 0 Å². The van der Waals surface area contributed by atoms with Crippen LogP contribution in [0.5, 0.6) is 17.2 Å². The minimum Gasteiger partial charge on any atom is -0.508 e. The Morgan fingerprint density at radius 1 is 1.18 bits per heavy atom. The minimum absolute atomic E-state index is 0.0337. The quantitative estimate of drug-likeness (QED) is 0.623. The fourth-order valence-electron chi connectivity index (χ4n) is 2.72. The van der Waals surface area contributed by atoms with E-state index in [-0.39, 0.29) is 39.4 Å². The van der Waals surface area contributed by atoms with Gasteiger partial charge in [0.05, 0.1) is 10.9 Å². The molecule has 0 bridgehead atoms. The number of phenolic OH excluding ortho intramolecular Hbond substituents is 2. The van der Waals surface area contributed by atoms with Crippen molar-refractivity contribution in [2.75, 3.05) is 0 Å². The van der Waals surface area contributed by atoms with Crippen LogP contribution in [0.25, 0.3) is 28.0 Å². The Labute approximate surface area is 124 Å². The topological polar surface area (TPSA) is 79.9 Å². The number of hydrogen-bond acceptors (Lipinski definition) is 5. The molecule has 22 heavy (non-hydrogen) atoms. The van der Waals surface area contributed by atoms with Gasteiger partial charge >= 0.3 is 0 Å². The van der Waals surface area contributed by atoms with Gasteiger partial charge in [0.15, 0.2) is 5.58 Å². The van der Waals surface area contributed by atoms with Crippen LogP contribution in [0.3, 0.4) is 0 Å². The van der Waals surface area contributed by atoms with Crippen molar-refractivity contribution in [1.29, 1.82) is 0 Å². The number of benzene rings is 2. The van der Waals surface area contributed by atoms with E-state index in [4.69, 9.17) is 9.15 Å². The van der Waals surface area contributed by atoms with E-state index in [0.29, 0.717) is 16.9 Å². The zero-order chi connectivity index (χ0) is 15.4. The van der Waals surface area contributed by atoms with E-state index >= 15 is 0 Å². The van der Waals surface area contributed by atoms with Crippen LogP contribution in [0.2, 0.25) is 0 Å². The predicted molar refractivity (Wildman–Crippen MR) is 82.4 cm³/mol. The smallest absolute Gasteiger partial charge is 0.204 e. The summed E-state index contributed by atoms with van der Waals surface area (Å²) >= 11 is 0. The molecule has 0 saturated carbocycles. The van der Waals surface area contributed by atoms with Crippen LogP contribution in [-0.4, -0.2) is 16.3 Å². The lowest BCUT2D eigenvalue weighted by atomic mass is 10.0. The summed E-state index contributed by atoms with van der Waals surface area (Å²) in [5, 5.41) is 20.0. The molecule has 1 atom stereocenters. The first kappa shape index (κ1) is 12.8. The number of aromatic hydroxyl groups is 2. The van der Waals surface area contributed by atoms with Crippen LogP contribution < -0.4 is 10.2 Å². The molecule has 4 rings (SSSR count). The van der Waals surface area contributed by atoms with Gasteiger partial charge in [-0.25, -0.2) is 0 Å². The van der Waals surface area contributed by atoms with Crippen molar-refractivity contribution >= 4 is 28.0 Å². The number of phenols is 2. The second-order valence-corrected chi connectivity index (χ2v) is 5.31. The van der Waals surface area contributed by atoms with Crippen molar-refractivity contribution in [3.63, 3.8) is 0 Å². The minimum atomic E-state index is -0.389. The third-order valence-corrected chi connectivity index (χ3v) is 3.75. The maximum atomic E-state index is 12.6. The van der Waals surface area contributed by atoms with Crippen LogP contribution in [-0.2, 0) is 0 Å². The molecule has 1 aliphatic rings. The van der Waals surface area contributed by atoms with Crippen LogP contribution >= 0.6 is 0 Å². The van der Waals surface area contributed by atoms with E-state index in [1.54, 1.807) is 0 Å². The molecule has 0 radical (unpaired) electrons. The molecule has 0 fully saturated rings. The fraction of sp³-hybridized carbons (Fsp3) is 0.118. The lowest BCUT2D eigenvalue weighted by molar-refractivity contribution is 0.265. The van der Waals surface area contributed by atoms with Crippen molar-refractivity contribution in [1.82, 2.24) is 0 Å². The van der Waals surface area contributed by atoms with Gasteiger partial charge in [-0.2, -0.15) is 0 Å². The zero-order valence-electron chi connectivity index (χ0n) is 11.7. The molecule has 2 N–H and O–H groups in total. The van der Waals surface area contributed by atoms with Crippen molar-refractivity contribution in [2.24, 2.45) is 0 Å². The molecule has 0 amide bonds. The highest BCUT2D eigenvalue weighted by atomic mass is 16.5. The van der Waals surface area contributed by atoms with E-state index in [1.807, 2.05) is 19.1 Å². The second-order valence-electron chi connectivity index (χ2n) is 5.31. The molecular weight excluding hydrogens is 284 g/mol. The Balaban J connectivity index is 2.21. The molecule has 5 nitrogen and oxygen atoms in total. The first-order valence-electron chi connectivity index (χ1n) is 6.85. The molecule has 1 unspecified atom stereocenters. The van der Waals surface area contributed by atoms with Crippen molar-refractivity contribution < 1.29 is 19.4 Å². The van der Waals surface area contributed by atoms with E-state index in [9.17, 15) is 15.0 Å². The van der Waals surface area contributed by atoms with Crippen molar-refractivity contribution in [2.45, 2.75) is 13.0 Å². The molecule has 2 heterocycles. The highest BCUT2D eigenvalue weighted by molar-refractivity contribution is 5.99. The summed E-state index contributed by atoms with van der Waals surface area (Å²) in [5.41, 5.74) is 0.855. The summed E-state index contributed by atoms with van der Waals surface area (Å²) in [6.45, 7) is 1.88. The van der Waals surface area contributed by atoms with Gasteiger partial charge in [-0.15, -0.1) is 0 Å². The van der Waals surface area contributed by atoms with Crippen molar-refractivity contribution in [3.05, 3.63) is 46.1 Å². The number of hydrogen-bond donors (Lipinski definition) is 2.